The number of carbonyl (C=O) groups is 2. The van der Waals surface area contributed by atoms with Crippen molar-refractivity contribution in [3.8, 4) is 11.5 Å². The Morgan fingerprint density at radius 3 is 2.45 bits per heavy atom. The van der Waals surface area contributed by atoms with E-state index < -0.39 is 24.0 Å². The average Bonchev–Trinajstić information content (AvgIpc) is 2.41. The van der Waals surface area contributed by atoms with E-state index in [4.69, 9.17) is 4.74 Å². The van der Waals surface area contributed by atoms with E-state index >= 15 is 0 Å². The first kappa shape index (κ1) is 16.0. The highest BCUT2D eigenvalue weighted by Gasteiger charge is 2.45. The van der Waals surface area contributed by atoms with Gasteiger partial charge in [0, 0.05) is 5.56 Å². The van der Waals surface area contributed by atoms with Gasteiger partial charge >= 0.3 is 12.6 Å². The third-order valence-corrected chi connectivity index (χ3v) is 3.61. The summed E-state index contributed by atoms with van der Waals surface area (Å²) in [5.74, 6) is -2.01. The second-order valence-electron chi connectivity index (χ2n) is 4.94. The number of hydrogen-bond acceptors (Lipinski definition) is 4. The summed E-state index contributed by atoms with van der Waals surface area (Å²) in [6.45, 7) is -3.07. The second-order valence-corrected chi connectivity index (χ2v) is 4.94. The van der Waals surface area contributed by atoms with Crippen molar-refractivity contribution in [3.05, 3.63) is 23.8 Å². The molecule has 1 amide bonds. The summed E-state index contributed by atoms with van der Waals surface area (Å²) in [6.07, 6.45) is 1.38. The van der Waals surface area contributed by atoms with E-state index in [-0.39, 0.29) is 17.1 Å². The number of carboxylic acids is 1. The molecule has 0 bridgehead atoms. The van der Waals surface area contributed by atoms with E-state index in [0.717, 1.165) is 6.07 Å². The number of rotatable bonds is 6. The number of nitrogens with one attached hydrogen (secondary N) is 1. The zero-order valence-electron chi connectivity index (χ0n) is 11.8. The van der Waals surface area contributed by atoms with Gasteiger partial charge in [-0.05, 0) is 37.5 Å². The molecular weight excluding hydrogens is 300 g/mol. The predicted molar refractivity (Wildman–Crippen MR) is 71.3 cm³/mol. The molecule has 1 fully saturated rings. The molecule has 1 saturated carbocycles. The van der Waals surface area contributed by atoms with Crippen LogP contribution in [0, 0.1) is 0 Å². The molecule has 0 spiro atoms. The molecule has 2 N–H and O–H groups in total. The highest BCUT2D eigenvalue weighted by Crippen LogP contribution is 2.33. The number of carbonyl (C=O) groups excluding carboxylic acids is 1. The minimum Gasteiger partial charge on any atom is -0.493 e. The minimum absolute atomic E-state index is 0.0176. The Bertz CT molecular complexity index is 587. The maximum atomic E-state index is 12.4. The molecule has 0 atom stereocenters. The number of carboxylic acid groups (broad SMARTS) is 1. The van der Waals surface area contributed by atoms with Gasteiger partial charge in [0.2, 0.25) is 0 Å². The number of ether oxygens (including phenoxy) is 2. The fraction of sp³-hybridized carbons (Fsp3) is 0.429. The Kier molecular flexibility index (Phi) is 4.48. The van der Waals surface area contributed by atoms with Gasteiger partial charge in [-0.1, -0.05) is 0 Å². The van der Waals surface area contributed by atoms with Crippen molar-refractivity contribution in [2.24, 2.45) is 0 Å². The van der Waals surface area contributed by atoms with Crippen molar-refractivity contribution in [2.75, 3.05) is 7.11 Å². The second kappa shape index (κ2) is 6.17. The van der Waals surface area contributed by atoms with E-state index in [1.54, 1.807) is 0 Å². The summed E-state index contributed by atoms with van der Waals surface area (Å²) in [4.78, 5) is 23.4. The number of alkyl halides is 2. The zero-order chi connectivity index (χ0) is 16.3. The van der Waals surface area contributed by atoms with E-state index in [2.05, 4.69) is 10.1 Å². The summed E-state index contributed by atoms with van der Waals surface area (Å²) in [5.41, 5.74) is -1.26. The third-order valence-electron chi connectivity index (χ3n) is 3.61. The molecule has 2 rings (SSSR count). The van der Waals surface area contributed by atoms with Crippen LogP contribution in [-0.4, -0.2) is 36.2 Å². The topological polar surface area (TPSA) is 84.9 Å². The van der Waals surface area contributed by atoms with E-state index in [0.29, 0.717) is 19.3 Å². The Hall–Kier alpha value is -2.38. The zero-order valence-corrected chi connectivity index (χ0v) is 11.8. The summed E-state index contributed by atoms with van der Waals surface area (Å²) in [6, 6.07) is 3.75. The monoisotopic (exact) mass is 315 g/mol. The van der Waals surface area contributed by atoms with Crippen molar-refractivity contribution < 1.29 is 33.0 Å². The molecule has 0 aromatic heterocycles. The van der Waals surface area contributed by atoms with Gasteiger partial charge < -0.3 is 19.9 Å². The summed E-state index contributed by atoms with van der Waals surface area (Å²) < 4.78 is 33.9. The van der Waals surface area contributed by atoms with Gasteiger partial charge in [0.05, 0.1) is 7.11 Å². The molecule has 0 radical (unpaired) electrons. The molecule has 1 aromatic rings. The molecule has 22 heavy (non-hydrogen) atoms. The third kappa shape index (κ3) is 3.10. The first-order valence-corrected chi connectivity index (χ1v) is 6.57. The smallest absolute Gasteiger partial charge is 0.387 e. The lowest BCUT2D eigenvalue weighted by atomic mass is 9.76. The average molecular weight is 315 g/mol. The fourth-order valence-corrected chi connectivity index (χ4v) is 2.22. The number of benzene rings is 1. The first-order chi connectivity index (χ1) is 10.4. The van der Waals surface area contributed by atoms with Gasteiger partial charge in [-0.3, -0.25) is 4.79 Å². The Morgan fingerprint density at radius 2 is 2.00 bits per heavy atom. The van der Waals surface area contributed by atoms with Crippen LogP contribution in [-0.2, 0) is 4.79 Å². The maximum Gasteiger partial charge on any atom is 0.387 e. The number of aliphatic carboxylic acids is 1. The Morgan fingerprint density at radius 1 is 1.32 bits per heavy atom. The first-order valence-electron chi connectivity index (χ1n) is 6.57. The van der Waals surface area contributed by atoms with E-state index in [1.807, 2.05) is 0 Å². The standard InChI is InChI=1S/C14H15F2NO5/c1-21-9-4-3-8(7-10(9)22-13(15)16)11(18)17-14(12(19)20)5-2-6-14/h3-4,7,13H,2,5-6H2,1H3,(H,17,18)(H,19,20). The number of hydrogen-bond donors (Lipinski definition) is 2. The van der Waals surface area contributed by atoms with E-state index in [1.165, 1.54) is 19.2 Å². The van der Waals surface area contributed by atoms with Crippen LogP contribution in [0.2, 0.25) is 0 Å². The Labute approximate surface area is 125 Å². The van der Waals surface area contributed by atoms with Gasteiger partial charge in [0.1, 0.15) is 5.54 Å². The number of amides is 1. The molecule has 1 aliphatic carbocycles. The van der Waals surface area contributed by atoms with Crippen LogP contribution in [0.25, 0.3) is 0 Å². The molecule has 8 heteroatoms. The van der Waals surface area contributed by atoms with Gasteiger partial charge in [0.25, 0.3) is 5.91 Å². The minimum atomic E-state index is -3.07. The largest absolute Gasteiger partial charge is 0.493 e. The molecule has 120 valence electrons. The molecule has 0 unspecified atom stereocenters. The van der Waals surface area contributed by atoms with Gasteiger partial charge in [-0.2, -0.15) is 8.78 Å². The van der Waals surface area contributed by atoms with Crippen LogP contribution in [0.4, 0.5) is 8.78 Å². The lowest BCUT2D eigenvalue weighted by Gasteiger charge is -2.38. The van der Waals surface area contributed by atoms with Crippen LogP contribution >= 0.6 is 0 Å². The molecular formula is C14H15F2NO5. The lowest BCUT2D eigenvalue weighted by Crippen LogP contribution is -2.59. The molecule has 6 nitrogen and oxygen atoms in total. The van der Waals surface area contributed by atoms with Crippen molar-refractivity contribution in [1.29, 1.82) is 0 Å². The quantitative estimate of drug-likeness (QED) is 0.839. The number of halogens is 2. The van der Waals surface area contributed by atoms with E-state index in [9.17, 15) is 23.5 Å². The van der Waals surface area contributed by atoms with Crippen LogP contribution in [0.5, 0.6) is 11.5 Å². The van der Waals surface area contributed by atoms with Crippen molar-refractivity contribution in [1.82, 2.24) is 5.32 Å². The SMILES string of the molecule is COc1ccc(C(=O)NC2(C(=O)O)CCC2)cc1OC(F)F. The van der Waals surface area contributed by atoms with Crippen molar-refractivity contribution in [3.63, 3.8) is 0 Å². The molecule has 1 aliphatic rings. The highest BCUT2D eigenvalue weighted by atomic mass is 19.3. The van der Waals surface area contributed by atoms with Crippen LogP contribution in [0.15, 0.2) is 18.2 Å². The van der Waals surface area contributed by atoms with Gasteiger partial charge in [-0.15, -0.1) is 0 Å². The fourth-order valence-electron chi connectivity index (χ4n) is 2.22. The molecule has 0 aliphatic heterocycles. The number of methoxy groups -OCH3 is 1. The summed E-state index contributed by atoms with van der Waals surface area (Å²) in [7, 11) is 1.28. The predicted octanol–water partition coefficient (Wildman–Crippen LogP) is 2.03. The van der Waals surface area contributed by atoms with Gasteiger partial charge in [-0.25, -0.2) is 4.79 Å². The summed E-state index contributed by atoms with van der Waals surface area (Å²) >= 11 is 0. The lowest BCUT2D eigenvalue weighted by molar-refractivity contribution is -0.148. The highest BCUT2D eigenvalue weighted by molar-refractivity contribution is 5.98. The van der Waals surface area contributed by atoms with Crippen LogP contribution < -0.4 is 14.8 Å². The molecule has 0 heterocycles. The van der Waals surface area contributed by atoms with Crippen molar-refractivity contribution in [2.45, 2.75) is 31.4 Å². The van der Waals surface area contributed by atoms with Gasteiger partial charge in [0.15, 0.2) is 11.5 Å². The summed E-state index contributed by atoms with van der Waals surface area (Å²) in [5, 5.41) is 11.6. The molecule has 1 aromatic carbocycles. The van der Waals surface area contributed by atoms with Crippen LogP contribution in [0.3, 0.4) is 0 Å². The normalized spacial score (nSPS) is 15.8. The van der Waals surface area contributed by atoms with Crippen LogP contribution in [0.1, 0.15) is 29.6 Å². The van der Waals surface area contributed by atoms with Crippen molar-refractivity contribution >= 4 is 11.9 Å². The molecule has 0 saturated heterocycles. The maximum absolute atomic E-state index is 12.4. The Balaban J connectivity index is 2.21.